The summed E-state index contributed by atoms with van der Waals surface area (Å²) in [7, 11) is 0. The lowest BCUT2D eigenvalue weighted by Crippen LogP contribution is -2.44. The summed E-state index contributed by atoms with van der Waals surface area (Å²) in [6.07, 6.45) is 1.52. The SMILES string of the molecule is CCN(CC)C(=O)[S+]([O-])C(C(=O)O)C1CC1. The Morgan fingerprint density at radius 1 is 1.44 bits per heavy atom. The summed E-state index contributed by atoms with van der Waals surface area (Å²) in [4.78, 5) is 24.1. The predicted molar refractivity (Wildman–Crippen MR) is 60.6 cm³/mol. The van der Waals surface area contributed by atoms with Crippen molar-refractivity contribution in [1.82, 2.24) is 4.90 Å². The summed E-state index contributed by atoms with van der Waals surface area (Å²) in [6.45, 7) is 4.48. The van der Waals surface area contributed by atoms with E-state index in [-0.39, 0.29) is 5.92 Å². The first-order valence-corrected chi connectivity index (χ1v) is 6.66. The Morgan fingerprint density at radius 3 is 2.25 bits per heavy atom. The summed E-state index contributed by atoms with van der Waals surface area (Å²) in [5, 5.41) is 7.39. The summed E-state index contributed by atoms with van der Waals surface area (Å²) in [6, 6.07) is 0. The smallest absolute Gasteiger partial charge is 0.430 e. The van der Waals surface area contributed by atoms with E-state index in [4.69, 9.17) is 5.11 Å². The highest BCUT2D eigenvalue weighted by Gasteiger charge is 2.48. The number of nitrogens with zero attached hydrogens (tertiary/aromatic N) is 1. The molecule has 0 aromatic heterocycles. The maximum absolute atomic E-state index is 11.9. The molecule has 0 spiro atoms. The molecule has 0 aromatic carbocycles. The molecular weight excluding hydrogens is 230 g/mol. The quantitative estimate of drug-likeness (QED) is 0.736. The number of carboxylic acids is 1. The van der Waals surface area contributed by atoms with Crippen molar-refractivity contribution in [3.63, 3.8) is 0 Å². The standard InChI is InChI=1S/C10H17NO4S/c1-3-11(4-2)10(14)16(15)8(9(12)13)7-5-6-7/h7-8H,3-6H2,1-2H3,(H,12,13). The third-order valence-electron chi connectivity index (χ3n) is 2.72. The highest BCUT2D eigenvalue weighted by atomic mass is 32.2. The first-order chi connectivity index (χ1) is 7.52. The zero-order valence-corrected chi connectivity index (χ0v) is 10.3. The number of hydrogen-bond donors (Lipinski definition) is 1. The Hall–Kier alpha value is -0.750. The van der Waals surface area contributed by atoms with E-state index in [0.717, 1.165) is 12.8 Å². The van der Waals surface area contributed by atoms with E-state index in [9.17, 15) is 14.1 Å². The van der Waals surface area contributed by atoms with E-state index in [1.165, 1.54) is 4.90 Å². The van der Waals surface area contributed by atoms with Gasteiger partial charge in [-0.15, -0.1) is 0 Å². The van der Waals surface area contributed by atoms with Crippen molar-refractivity contribution in [3.05, 3.63) is 0 Å². The summed E-state index contributed by atoms with van der Waals surface area (Å²) in [5.74, 6) is -1.21. The van der Waals surface area contributed by atoms with E-state index >= 15 is 0 Å². The molecule has 0 heterocycles. The number of carboxylic acid groups (broad SMARTS) is 1. The molecule has 1 N–H and O–H groups in total. The third kappa shape index (κ3) is 2.89. The molecule has 0 aromatic rings. The van der Waals surface area contributed by atoms with Crippen molar-refractivity contribution < 1.29 is 19.2 Å². The molecule has 2 atom stereocenters. The zero-order valence-electron chi connectivity index (χ0n) is 9.51. The van der Waals surface area contributed by atoms with Crippen LogP contribution in [0.3, 0.4) is 0 Å². The fourth-order valence-corrected chi connectivity index (χ4v) is 3.12. The minimum absolute atomic E-state index is 0.0853. The monoisotopic (exact) mass is 247 g/mol. The van der Waals surface area contributed by atoms with Crippen LogP contribution in [0.4, 0.5) is 4.79 Å². The fourth-order valence-electron chi connectivity index (χ4n) is 1.58. The molecule has 6 heteroatoms. The van der Waals surface area contributed by atoms with Crippen LogP contribution in [0.15, 0.2) is 0 Å². The minimum Gasteiger partial charge on any atom is -0.607 e. The van der Waals surface area contributed by atoms with Crippen LogP contribution in [0.5, 0.6) is 0 Å². The van der Waals surface area contributed by atoms with Crippen molar-refractivity contribution in [1.29, 1.82) is 0 Å². The third-order valence-corrected chi connectivity index (χ3v) is 4.37. The van der Waals surface area contributed by atoms with Gasteiger partial charge in [0.25, 0.3) is 0 Å². The average molecular weight is 247 g/mol. The van der Waals surface area contributed by atoms with E-state index in [1.54, 1.807) is 13.8 Å². The van der Waals surface area contributed by atoms with E-state index in [1.807, 2.05) is 0 Å². The van der Waals surface area contributed by atoms with Crippen molar-refractivity contribution in [2.45, 2.75) is 31.9 Å². The van der Waals surface area contributed by atoms with E-state index in [0.29, 0.717) is 13.1 Å². The average Bonchev–Trinajstić information content (AvgIpc) is 3.03. The van der Waals surface area contributed by atoms with Crippen LogP contribution in [-0.2, 0) is 16.0 Å². The Balaban J connectivity index is 2.69. The molecule has 92 valence electrons. The number of carbonyl (C=O) groups excluding carboxylic acids is 1. The van der Waals surface area contributed by atoms with Crippen LogP contribution in [0.1, 0.15) is 26.7 Å². The van der Waals surface area contributed by atoms with Gasteiger partial charge in [-0.1, -0.05) is 0 Å². The molecule has 0 bridgehead atoms. The van der Waals surface area contributed by atoms with Gasteiger partial charge < -0.3 is 9.66 Å². The minimum atomic E-state index is -1.94. The van der Waals surface area contributed by atoms with Gasteiger partial charge in [-0.2, -0.15) is 0 Å². The largest absolute Gasteiger partial charge is 0.607 e. The van der Waals surface area contributed by atoms with Gasteiger partial charge in [0.15, 0.2) is 0 Å². The maximum Gasteiger partial charge on any atom is 0.430 e. The van der Waals surface area contributed by atoms with Crippen molar-refractivity contribution >= 4 is 22.4 Å². The Bertz CT molecular complexity index is 276. The van der Waals surface area contributed by atoms with Gasteiger partial charge in [-0.3, -0.25) is 4.90 Å². The normalized spacial score (nSPS) is 18.9. The molecule has 1 fully saturated rings. The zero-order chi connectivity index (χ0) is 12.3. The van der Waals surface area contributed by atoms with E-state index in [2.05, 4.69) is 0 Å². The number of rotatable bonds is 5. The van der Waals surface area contributed by atoms with Gasteiger partial charge in [-0.05, 0) is 26.7 Å². The Morgan fingerprint density at radius 2 is 1.94 bits per heavy atom. The van der Waals surface area contributed by atoms with Gasteiger partial charge in [0.1, 0.15) is 0 Å². The number of aliphatic carboxylic acids is 1. The number of hydrogen-bond acceptors (Lipinski definition) is 3. The van der Waals surface area contributed by atoms with Crippen molar-refractivity contribution in [2.75, 3.05) is 13.1 Å². The topological polar surface area (TPSA) is 80.7 Å². The highest BCUT2D eigenvalue weighted by molar-refractivity contribution is 8.07. The van der Waals surface area contributed by atoms with E-state index < -0.39 is 27.6 Å². The lowest BCUT2D eigenvalue weighted by Gasteiger charge is -2.22. The summed E-state index contributed by atoms with van der Waals surface area (Å²) in [5.41, 5.74) is 0. The second-order valence-electron chi connectivity index (χ2n) is 3.83. The van der Waals surface area contributed by atoms with Gasteiger partial charge >= 0.3 is 11.2 Å². The molecule has 0 radical (unpaired) electrons. The van der Waals surface area contributed by atoms with Crippen molar-refractivity contribution in [2.24, 2.45) is 5.92 Å². The van der Waals surface area contributed by atoms with Crippen LogP contribution >= 0.6 is 0 Å². The lowest BCUT2D eigenvalue weighted by molar-refractivity contribution is -0.136. The lowest BCUT2D eigenvalue weighted by atomic mass is 10.3. The van der Waals surface area contributed by atoms with Crippen LogP contribution in [0.2, 0.25) is 0 Å². The molecule has 2 unspecified atom stereocenters. The van der Waals surface area contributed by atoms with Crippen LogP contribution < -0.4 is 0 Å². The van der Waals surface area contributed by atoms with Crippen molar-refractivity contribution in [3.8, 4) is 0 Å². The number of amides is 1. The van der Waals surface area contributed by atoms with Crippen LogP contribution in [0.25, 0.3) is 0 Å². The Kier molecular flexibility index (Phi) is 4.61. The maximum atomic E-state index is 11.9. The molecular formula is C10H17NO4S. The molecule has 1 rings (SSSR count). The number of carbonyl (C=O) groups is 2. The summed E-state index contributed by atoms with van der Waals surface area (Å²) < 4.78 is 11.9. The molecule has 5 nitrogen and oxygen atoms in total. The van der Waals surface area contributed by atoms with Gasteiger partial charge in [-0.25, -0.2) is 9.59 Å². The molecule has 16 heavy (non-hydrogen) atoms. The second-order valence-corrected chi connectivity index (χ2v) is 5.28. The second kappa shape index (κ2) is 5.54. The first-order valence-electron chi connectivity index (χ1n) is 5.45. The van der Waals surface area contributed by atoms with Crippen LogP contribution in [0, 0.1) is 5.92 Å². The Labute approximate surface area is 98.0 Å². The van der Waals surface area contributed by atoms with Gasteiger partial charge in [0, 0.05) is 19.0 Å². The van der Waals surface area contributed by atoms with Gasteiger partial charge in [0.2, 0.25) is 5.25 Å². The molecule has 1 saturated carbocycles. The fraction of sp³-hybridized carbons (Fsp3) is 0.800. The van der Waals surface area contributed by atoms with Gasteiger partial charge in [0.05, 0.1) is 11.2 Å². The molecule has 0 saturated heterocycles. The van der Waals surface area contributed by atoms with Crippen LogP contribution in [-0.4, -0.2) is 44.1 Å². The molecule has 0 aliphatic heterocycles. The molecule has 1 amide bonds. The predicted octanol–water partition coefficient (Wildman–Crippen LogP) is 1.06. The first kappa shape index (κ1) is 13.3. The summed E-state index contributed by atoms with van der Waals surface area (Å²) >= 11 is -1.94. The highest BCUT2D eigenvalue weighted by Crippen LogP contribution is 2.37. The molecule has 1 aliphatic rings. The molecule has 1 aliphatic carbocycles.